The summed E-state index contributed by atoms with van der Waals surface area (Å²) in [6, 6.07) is 6.75. The van der Waals surface area contributed by atoms with Gasteiger partial charge in [-0.15, -0.1) is 0 Å². The van der Waals surface area contributed by atoms with Crippen molar-refractivity contribution in [1.29, 1.82) is 0 Å². The third-order valence-corrected chi connectivity index (χ3v) is 3.88. The van der Waals surface area contributed by atoms with Gasteiger partial charge < -0.3 is 20.1 Å². The predicted octanol–water partition coefficient (Wildman–Crippen LogP) is 1.73. The van der Waals surface area contributed by atoms with Crippen LogP contribution in [0.3, 0.4) is 0 Å². The van der Waals surface area contributed by atoms with Gasteiger partial charge in [-0.05, 0) is 31.4 Å². The smallest absolute Gasteiger partial charge is 0.344 e. The first kappa shape index (κ1) is 18.8. The molecule has 1 fully saturated rings. The van der Waals surface area contributed by atoms with Crippen molar-refractivity contribution < 1.29 is 23.9 Å². The molecule has 1 aliphatic rings. The number of amides is 2. The Kier molecular flexibility index (Phi) is 6.80. The van der Waals surface area contributed by atoms with E-state index in [1.807, 2.05) is 6.92 Å². The zero-order valence-corrected chi connectivity index (χ0v) is 14.5. The summed E-state index contributed by atoms with van der Waals surface area (Å²) in [5.41, 5.74) is 0.563. The van der Waals surface area contributed by atoms with Gasteiger partial charge in [0.15, 0.2) is 6.61 Å². The molecule has 0 aliphatic heterocycles. The monoisotopic (exact) mass is 348 g/mol. The molecule has 1 saturated carbocycles. The van der Waals surface area contributed by atoms with Crippen LogP contribution in [-0.2, 0) is 19.1 Å². The molecule has 0 radical (unpaired) electrons. The van der Waals surface area contributed by atoms with Crippen molar-refractivity contribution in [3.63, 3.8) is 0 Å². The average Bonchev–Trinajstić information content (AvgIpc) is 3.30. The third kappa shape index (κ3) is 6.45. The fourth-order valence-electron chi connectivity index (χ4n) is 2.35. The highest BCUT2D eigenvalue weighted by molar-refractivity contribution is 5.91. The van der Waals surface area contributed by atoms with Crippen LogP contribution in [-0.4, -0.2) is 37.5 Å². The summed E-state index contributed by atoms with van der Waals surface area (Å²) < 4.78 is 10.1. The zero-order chi connectivity index (χ0) is 18.2. The first-order valence-electron chi connectivity index (χ1n) is 8.45. The molecule has 7 heteroatoms. The van der Waals surface area contributed by atoms with E-state index >= 15 is 0 Å². The predicted molar refractivity (Wildman–Crippen MR) is 92.1 cm³/mol. The quantitative estimate of drug-likeness (QED) is 0.663. The van der Waals surface area contributed by atoms with Gasteiger partial charge in [-0.2, -0.15) is 0 Å². The molecule has 2 N–H and O–H groups in total. The van der Waals surface area contributed by atoms with Crippen LogP contribution < -0.4 is 15.4 Å². The van der Waals surface area contributed by atoms with Crippen LogP contribution in [0.5, 0.6) is 5.75 Å². The molecule has 0 aromatic heterocycles. The largest absolute Gasteiger partial charge is 0.482 e. The Bertz CT molecular complexity index is 632. The summed E-state index contributed by atoms with van der Waals surface area (Å²) in [6.45, 7) is 4.19. The standard InChI is InChI=1S/C18H24N2O5/c1-3-24-17(22)11-25-14-6-4-5-13(10-14)20-16(21)7-8-19-18(23)15-9-12(15)2/h4-6,10,12,15H,3,7-9,11H2,1-2H3,(H,19,23)(H,20,21)/t12-,15-/m1/s1. The lowest BCUT2D eigenvalue weighted by atomic mass is 10.2. The Labute approximate surface area is 147 Å². The minimum Gasteiger partial charge on any atom is -0.482 e. The highest BCUT2D eigenvalue weighted by Gasteiger charge is 2.38. The van der Waals surface area contributed by atoms with Crippen molar-refractivity contribution in [2.75, 3.05) is 25.1 Å². The molecule has 7 nitrogen and oxygen atoms in total. The van der Waals surface area contributed by atoms with Gasteiger partial charge >= 0.3 is 5.97 Å². The van der Waals surface area contributed by atoms with E-state index in [2.05, 4.69) is 10.6 Å². The molecular weight excluding hydrogens is 324 g/mol. The summed E-state index contributed by atoms with van der Waals surface area (Å²) >= 11 is 0. The maximum Gasteiger partial charge on any atom is 0.344 e. The lowest BCUT2D eigenvalue weighted by Crippen LogP contribution is -2.29. The molecule has 136 valence electrons. The Balaban J connectivity index is 1.71. The number of nitrogens with one attached hydrogen (secondary N) is 2. The van der Waals surface area contributed by atoms with E-state index < -0.39 is 5.97 Å². The number of carbonyl (C=O) groups is 3. The second kappa shape index (κ2) is 9.05. The van der Waals surface area contributed by atoms with Crippen molar-refractivity contribution >= 4 is 23.5 Å². The molecule has 0 bridgehead atoms. The molecule has 1 aliphatic carbocycles. The van der Waals surface area contributed by atoms with Crippen LogP contribution in [0, 0.1) is 11.8 Å². The zero-order valence-electron chi connectivity index (χ0n) is 14.5. The molecule has 0 spiro atoms. The van der Waals surface area contributed by atoms with Crippen molar-refractivity contribution in [2.24, 2.45) is 11.8 Å². The van der Waals surface area contributed by atoms with Gasteiger partial charge in [-0.3, -0.25) is 9.59 Å². The third-order valence-electron chi connectivity index (χ3n) is 3.88. The summed E-state index contributed by atoms with van der Waals surface area (Å²) in [6.07, 6.45) is 1.12. The van der Waals surface area contributed by atoms with Gasteiger partial charge in [0.2, 0.25) is 11.8 Å². The second-order valence-corrected chi connectivity index (χ2v) is 6.03. The Hall–Kier alpha value is -2.57. The molecule has 1 aromatic rings. The molecule has 0 saturated heterocycles. The average molecular weight is 348 g/mol. The van der Waals surface area contributed by atoms with E-state index in [0.29, 0.717) is 30.5 Å². The van der Waals surface area contributed by atoms with Gasteiger partial charge in [0.25, 0.3) is 0 Å². The van der Waals surface area contributed by atoms with Crippen molar-refractivity contribution in [3.8, 4) is 5.75 Å². The summed E-state index contributed by atoms with van der Waals surface area (Å²) in [7, 11) is 0. The number of ether oxygens (including phenoxy) is 2. The van der Waals surface area contributed by atoms with Crippen LogP contribution in [0.2, 0.25) is 0 Å². The topological polar surface area (TPSA) is 93.7 Å². The van der Waals surface area contributed by atoms with Crippen molar-refractivity contribution in [2.45, 2.75) is 26.7 Å². The first-order valence-corrected chi connectivity index (χ1v) is 8.45. The minimum atomic E-state index is -0.447. The van der Waals surface area contributed by atoms with Gasteiger partial charge in [0.05, 0.1) is 6.61 Å². The normalized spacial score (nSPS) is 18.2. The number of hydrogen-bond donors (Lipinski definition) is 2. The minimum absolute atomic E-state index is 0.0228. The molecule has 2 amide bonds. The summed E-state index contributed by atoms with van der Waals surface area (Å²) in [5.74, 6) is 0.392. The van der Waals surface area contributed by atoms with Crippen molar-refractivity contribution in [3.05, 3.63) is 24.3 Å². The Morgan fingerprint density at radius 3 is 2.72 bits per heavy atom. The Morgan fingerprint density at radius 1 is 1.28 bits per heavy atom. The first-order chi connectivity index (χ1) is 12.0. The van der Waals surface area contributed by atoms with E-state index in [1.54, 1.807) is 31.2 Å². The van der Waals surface area contributed by atoms with Gasteiger partial charge in [-0.25, -0.2) is 4.79 Å². The van der Waals surface area contributed by atoms with Gasteiger partial charge in [-0.1, -0.05) is 13.0 Å². The van der Waals surface area contributed by atoms with E-state index in [4.69, 9.17) is 9.47 Å². The second-order valence-electron chi connectivity index (χ2n) is 6.03. The van der Waals surface area contributed by atoms with Crippen molar-refractivity contribution in [1.82, 2.24) is 5.32 Å². The maximum atomic E-state index is 11.9. The number of carbonyl (C=O) groups excluding carboxylic acids is 3. The van der Waals surface area contributed by atoms with E-state index in [9.17, 15) is 14.4 Å². The lowest BCUT2D eigenvalue weighted by Gasteiger charge is -2.09. The maximum absolute atomic E-state index is 11.9. The number of anilines is 1. The van der Waals surface area contributed by atoms with E-state index in [1.165, 1.54) is 0 Å². The fraction of sp³-hybridized carbons (Fsp3) is 0.500. The van der Waals surface area contributed by atoms with Gasteiger partial charge in [0, 0.05) is 30.6 Å². The highest BCUT2D eigenvalue weighted by atomic mass is 16.6. The van der Waals surface area contributed by atoms with Crippen LogP contribution in [0.4, 0.5) is 5.69 Å². The number of rotatable bonds is 9. The molecule has 25 heavy (non-hydrogen) atoms. The molecule has 2 atom stereocenters. The van der Waals surface area contributed by atoms with E-state index in [-0.39, 0.29) is 30.8 Å². The summed E-state index contributed by atoms with van der Waals surface area (Å²) in [5, 5.41) is 5.51. The summed E-state index contributed by atoms with van der Waals surface area (Å²) in [4.78, 5) is 34.9. The number of benzene rings is 1. The Morgan fingerprint density at radius 2 is 2.04 bits per heavy atom. The van der Waals surface area contributed by atoms with Crippen LogP contribution in [0.25, 0.3) is 0 Å². The fourth-order valence-corrected chi connectivity index (χ4v) is 2.35. The highest BCUT2D eigenvalue weighted by Crippen LogP contribution is 2.37. The van der Waals surface area contributed by atoms with Gasteiger partial charge in [0.1, 0.15) is 5.75 Å². The molecule has 0 unspecified atom stereocenters. The van der Waals surface area contributed by atoms with E-state index in [0.717, 1.165) is 6.42 Å². The SMILES string of the molecule is CCOC(=O)COc1cccc(NC(=O)CCNC(=O)[C@@H]2C[C@H]2C)c1. The van der Waals surface area contributed by atoms with Crippen LogP contribution in [0.1, 0.15) is 26.7 Å². The lowest BCUT2D eigenvalue weighted by molar-refractivity contribution is -0.145. The molecule has 0 heterocycles. The number of hydrogen-bond acceptors (Lipinski definition) is 5. The number of esters is 1. The van der Waals surface area contributed by atoms with Crippen LogP contribution >= 0.6 is 0 Å². The molecule has 1 aromatic carbocycles. The molecule has 2 rings (SSSR count). The van der Waals surface area contributed by atoms with Crippen LogP contribution in [0.15, 0.2) is 24.3 Å². The molecular formula is C18H24N2O5.